The smallest absolute Gasteiger partial charge is 0.220 e. The minimum absolute atomic E-state index is 0.0865. The van der Waals surface area contributed by atoms with Crippen molar-refractivity contribution in [3.05, 3.63) is 60.2 Å². The van der Waals surface area contributed by atoms with Crippen LogP contribution in [0.5, 0.6) is 17.2 Å². The van der Waals surface area contributed by atoms with Gasteiger partial charge in [-0.05, 0) is 66.6 Å². The van der Waals surface area contributed by atoms with E-state index in [0.717, 1.165) is 23.9 Å². The average Bonchev–Trinajstić information content (AvgIpc) is 3.07. The third kappa shape index (κ3) is 4.63. The van der Waals surface area contributed by atoms with Gasteiger partial charge in [-0.15, -0.1) is 0 Å². The number of hydrogen-bond donors (Lipinski definition) is 3. The van der Waals surface area contributed by atoms with E-state index in [4.69, 9.17) is 20.6 Å². The predicted molar refractivity (Wildman–Crippen MR) is 101 cm³/mol. The largest absolute Gasteiger partial charge is 0.491 e. The molecular weight excluding hydrogens is 330 g/mol. The molecule has 1 saturated heterocycles. The molecule has 0 aliphatic carbocycles. The first-order chi connectivity index (χ1) is 12.6. The standard InChI is InChI=1S/C20H21N3O3/c21-12-11-19(22)14-1-4-17(5-2-14)26-18-8-6-16(7-9-18)25-13-15-3-10-20(24)23-15/h1-2,4-9,11-12,15,21H,3,10,13,22H2,(H,23,24)/b19-11-,21-12?/t15-/m0/s1. The monoisotopic (exact) mass is 351 g/mol. The quantitative estimate of drug-likeness (QED) is 0.668. The highest BCUT2D eigenvalue weighted by Gasteiger charge is 2.20. The van der Waals surface area contributed by atoms with Crippen LogP contribution in [0.2, 0.25) is 0 Å². The van der Waals surface area contributed by atoms with E-state index < -0.39 is 0 Å². The number of carbonyl (C=O) groups is 1. The van der Waals surface area contributed by atoms with Crippen LogP contribution >= 0.6 is 0 Å². The molecule has 134 valence electrons. The molecule has 6 heteroatoms. The minimum atomic E-state index is 0.0865. The summed E-state index contributed by atoms with van der Waals surface area (Å²) in [6.07, 6.45) is 4.08. The van der Waals surface area contributed by atoms with Crippen LogP contribution in [0.3, 0.4) is 0 Å². The Hall–Kier alpha value is -3.28. The van der Waals surface area contributed by atoms with Gasteiger partial charge < -0.3 is 25.9 Å². The SMILES string of the molecule is N=C/C=C(\N)c1ccc(Oc2ccc(OC[C@@H]3CCC(=O)N3)cc2)cc1. The molecule has 1 atom stereocenters. The minimum Gasteiger partial charge on any atom is -0.491 e. The number of nitrogens with one attached hydrogen (secondary N) is 2. The van der Waals surface area contributed by atoms with E-state index in [2.05, 4.69) is 5.32 Å². The number of amides is 1. The van der Waals surface area contributed by atoms with Gasteiger partial charge in [-0.3, -0.25) is 4.79 Å². The maximum atomic E-state index is 11.2. The Balaban J connectivity index is 1.54. The molecule has 0 aromatic heterocycles. The van der Waals surface area contributed by atoms with Crippen molar-refractivity contribution < 1.29 is 14.3 Å². The third-order valence-electron chi connectivity index (χ3n) is 4.05. The molecule has 0 saturated carbocycles. The van der Waals surface area contributed by atoms with Crippen LogP contribution in [0.15, 0.2) is 54.6 Å². The van der Waals surface area contributed by atoms with E-state index in [0.29, 0.717) is 30.2 Å². The molecule has 0 unspecified atom stereocenters. The van der Waals surface area contributed by atoms with Gasteiger partial charge in [0.25, 0.3) is 0 Å². The summed E-state index contributed by atoms with van der Waals surface area (Å²) < 4.78 is 11.5. The maximum absolute atomic E-state index is 11.2. The van der Waals surface area contributed by atoms with Gasteiger partial charge in [0.15, 0.2) is 0 Å². The Morgan fingerprint density at radius 2 is 1.73 bits per heavy atom. The highest BCUT2D eigenvalue weighted by molar-refractivity contribution is 5.81. The Kier molecular flexibility index (Phi) is 5.53. The summed E-state index contributed by atoms with van der Waals surface area (Å²) in [6, 6.07) is 14.8. The lowest BCUT2D eigenvalue weighted by molar-refractivity contribution is -0.119. The second-order valence-corrected chi connectivity index (χ2v) is 6.00. The van der Waals surface area contributed by atoms with Crippen LogP contribution in [0, 0.1) is 5.41 Å². The lowest BCUT2D eigenvalue weighted by Gasteiger charge is -2.12. The fraction of sp³-hybridized carbons (Fsp3) is 0.200. The molecule has 1 fully saturated rings. The van der Waals surface area contributed by atoms with Crippen LogP contribution in [-0.4, -0.2) is 24.8 Å². The van der Waals surface area contributed by atoms with Crippen LogP contribution in [0.25, 0.3) is 5.70 Å². The molecule has 0 spiro atoms. The molecule has 0 radical (unpaired) electrons. The van der Waals surface area contributed by atoms with Gasteiger partial charge in [-0.1, -0.05) is 0 Å². The Morgan fingerprint density at radius 3 is 2.31 bits per heavy atom. The van der Waals surface area contributed by atoms with Gasteiger partial charge in [0.05, 0.1) is 6.04 Å². The summed E-state index contributed by atoms with van der Waals surface area (Å²) in [7, 11) is 0. The topological polar surface area (TPSA) is 97.4 Å². The molecule has 26 heavy (non-hydrogen) atoms. The number of rotatable bonds is 7. The molecule has 1 aliphatic rings. The first kappa shape index (κ1) is 17.5. The average molecular weight is 351 g/mol. The van der Waals surface area contributed by atoms with E-state index in [9.17, 15) is 4.79 Å². The van der Waals surface area contributed by atoms with E-state index in [1.54, 1.807) is 0 Å². The number of ether oxygens (including phenoxy) is 2. The van der Waals surface area contributed by atoms with Crippen LogP contribution in [0.1, 0.15) is 18.4 Å². The molecule has 3 rings (SSSR count). The Labute approximate surface area is 152 Å². The number of hydrogen-bond acceptors (Lipinski definition) is 5. The van der Waals surface area contributed by atoms with E-state index in [1.807, 2.05) is 48.5 Å². The van der Waals surface area contributed by atoms with Gasteiger partial charge in [0, 0.05) is 18.3 Å². The van der Waals surface area contributed by atoms with Crippen molar-refractivity contribution >= 4 is 17.8 Å². The fourth-order valence-electron chi connectivity index (χ4n) is 2.64. The van der Waals surface area contributed by atoms with Crippen molar-refractivity contribution in [3.8, 4) is 17.2 Å². The number of nitrogens with two attached hydrogens (primary N) is 1. The van der Waals surface area contributed by atoms with Gasteiger partial charge in [0.1, 0.15) is 23.9 Å². The molecule has 4 N–H and O–H groups in total. The zero-order valence-electron chi connectivity index (χ0n) is 14.3. The van der Waals surface area contributed by atoms with Gasteiger partial charge in [-0.2, -0.15) is 0 Å². The molecule has 1 aliphatic heterocycles. The Bertz CT molecular complexity index is 798. The van der Waals surface area contributed by atoms with Crippen molar-refractivity contribution in [1.82, 2.24) is 5.32 Å². The molecular formula is C20H21N3O3. The molecule has 0 bridgehead atoms. The second-order valence-electron chi connectivity index (χ2n) is 6.00. The summed E-state index contributed by atoms with van der Waals surface area (Å²) in [5.74, 6) is 2.21. The molecule has 6 nitrogen and oxygen atoms in total. The van der Waals surface area contributed by atoms with Crippen LogP contribution < -0.4 is 20.5 Å². The summed E-state index contributed by atoms with van der Waals surface area (Å²) in [5.41, 5.74) is 7.21. The van der Waals surface area contributed by atoms with Gasteiger partial charge >= 0.3 is 0 Å². The summed E-state index contributed by atoms with van der Waals surface area (Å²) in [5, 5.41) is 9.92. The highest BCUT2D eigenvalue weighted by Crippen LogP contribution is 2.25. The molecule has 1 heterocycles. The molecule has 2 aromatic carbocycles. The zero-order chi connectivity index (χ0) is 18.4. The van der Waals surface area contributed by atoms with Crippen LogP contribution in [0.4, 0.5) is 0 Å². The zero-order valence-corrected chi connectivity index (χ0v) is 14.3. The van der Waals surface area contributed by atoms with Crippen molar-refractivity contribution in [2.24, 2.45) is 5.73 Å². The second kappa shape index (κ2) is 8.20. The molecule has 1 amide bonds. The lowest BCUT2D eigenvalue weighted by Crippen LogP contribution is -2.30. The lowest BCUT2D eigenvalue weighted by atomic mass is 10.1. The van der Waals surface area contributed by atoms with Crippen molar-refractivity contribution in [3.63, 3.8) is 0 Å². The fourth-order valence-corrected chi connectivity index (χ4v) is 2.64. The van der Waals surface area contributed by atoms with Crippen molar-refractivity contribution in [2.75, 3.05) is 6.61 Å². The van der Waals surface area contributed by atoms with E-state index in [-0.39, 0.29) is 11.9 Å². The normalized spacial score (nSPS) is 16.8. The summed E-state index contributed by atoms with van der Waals surface area (Å²) in [6.45, 7) is 0.470. The first-order valence-electron chi connectivity index (χ1n) is 8.41. The van der Waals surface area contributed by atoms with E-state index >= 15 is 0 Å². The number of benzene rings is 2. The number of allylic oxidation sites excluding steroid dienone is 1. The summed E-state index contributed by atoms with van der Waals surface area (Å²) in [4.78, 5) is 11.2. The van der Waals surface area contributed by atoms with Gasteiger partial charge in [-0.25, -0.2) is 0 Å². The van der Waals surface area contributed by atoms with Gasteiger partial charge in [0.2, 0.25) is 5.91 Å². The van der Waals surface area contributed by atoms with E-state index in [1.165, 1.54) is 6.08 Å². The Morgan fingerprint density at radius 1 is 1.12 bits per heavy atom. The molecule has 2 aromatic rings. The first-order valence-corrected chi connectivity index (χ1v) is 8.41. The van der Waals surface area contributed by atoms with Crippen molar-refractivity contribution in [1.29, 1.82) is 5.41 Å². The highest BCUT2D eigenvalue weighted by atomic mass is 16.5. The van der Waals surface area contributed by atoms with Crippen molar-refractivity contribution in [2.45, 2.75) is 18.9 Å². The third-order valence-corrected chi connectivity index (χ3v) is 4.05. The summed E-state index contributed by atoms with van der Waals surface area (Å²) >= 11 is 0. The predicted octanol–water partition coefficient (Wildman–Crippen LogP) is 3.09. The van der Waals surface area contributed by atoms with Crippen LogP contribution in [-0.2, 0) is 4.79 Å². The number of carbonyl (C=O) groups excluding carboxylic acids is 1. The maximum Gasteiger partial charge on any atom is 0.220 e.